The Morgan fingerprint density at radius 2 is 0.434 bits per heavy atom. The normalized spacial score (nSPS) is 11.4. The highest BCUT2D eigenvalue weighted by Gasteiger charge is 2.17. The van der Waals surface area contributed by atoms with E-state index in [2.05, 4.69) is 301 Å². The van der Waals surface area contributed by atoms with Gasteiger partial charge in [-0.05, 0) is 141 Å². The number of anilines is 6. The van der Waals surface area contributed by atoms with Crippen LogP contribution < -0.4 is 9.80 Å². The monoisotopic (exact) mass is 1000 g/mol. The Hall–Kier alpha value is -9.32. The number of fused-ring (bicyclic) bond motifs is 6. The molecule has 0 N–H and O–H groups in total. The van der Waals surface area contributed by atoms with Crippen molar-refractivity contribution < 1.29 is 0 Å². The van der Waals surface area contributed by atoms with Gasteiger partial charge in [-0.15, -0.1) is 22.7 Å². The van der Waals surface area contributed by atoms with Gasteiger partial charge in [-0.3, -0.25) is 0 Å². The number of nitrogens with zero attached hydrogens (tertiary/aromatic N) is 2. The molecule has 0 radical (unpaired) electrons. The van der Waals surface area contributed by atoms with E-state index in [1.807, 2.05) is 22.7 Å². The molecule has 12 aromatic carbocycles. The van der Waals surface area contributed by atoms with Gasteiger partial charge in [-0.2, -0.15) is 0 Å². The minimum Gasteiger partial charge on any atom is -0.311 e. The van der Waals surface area contributed by atoms with Gasteiger partial charge in [0.1, 0.15) is 0 Å². The van der Waals surface area contributed by atoms with Gasteiger partial charge < -0.3 is 9.80 Å². The third-order valence-corrected chi connectivity index (χ3v) is 17.2. The Balaban J connectivity index is 0.700. The highest BCUT2D eigenvalue weighted by atomic mass is 32.1. The van der Waals surface area contributed by atoms with Crippen molar-refractivity contribution in [2.75, 3.05) is 9.80 Å². The van der Waals surface area contributed by atoms with Gasteiger partial charge in [-0.25, -0.2) is 0 Å². The topological polar surface area (TPSA) is 6.48 Å². The Morgan fingerprint density at radius 1 is 0.184 bits per heavy atom. The molecule has 2 heterocycles. The van der Waals surface area contributed by atoms with Crippen LogP contribution in [0, 0.1) is 0 Å². The smallest absolute Gasteiger partial charge is 0.0462 e. The first-order chi connectivity index (χ1) is 37.7. The van der Waals surface area contributed by atoms with Gasteiger partial charge in [0, 0.05) is 74.5 Å². The van der Waals surface area contributed by atoms with E-state index in [4.69, 9.17) is 0 Å². The molecule has 0 atom stereocenters. The minimum atomic E-state index is 1.10. The van der Waals surface area contributed by atoms with E-state index in [1.165, 1.54) is 84.9 Å². The van der Waals surface area contributed by atoms with Crippen molar-refractivity contribution in [1.29, 1.82) is 0 Å². The molecule has 2 aromatic heterocycles. The molecule has 0 saturated heterocycles. The number of hydrogen-bond donors (Lipinski definition) is 0. The molecule has 14 aromatic rings. The first-order valence-corrected chi connectivity index (χ1v) is 27.4. The summed E-state index contributed by atoms with van der Waals surface area (Å²) in [6, 6.07) is 106. The van der Waals surface area contributed by atoms with Crippen LogP contribution in [-0.2, 0) is 0 Å². The van der Waals surface area contributed by atoms with Crippen LogP contribution >= 0.6 is 22.7 Å². The maximum Gasteiger partial charge on any atom is 0.0462 e. The molecular formula is C72H48N2S2. The van der Waals surface area contributed by atoms with E-state index in [0.717, 1.165) is 45.3 Å². The average molecular weight is 1010 g/mol. The van der Waals surface area contributed by atoms with E-state index >= 15 is 0 Å². The van der Waals surface area contributed by atoms with Crippen LogP contribution in [0.5, 0.6) is 0 Å². The summed E-state index contributed by atoms with van der Waals surface area (Å²) in [4.78, 5) is 4.66. The Bertz CT molecular complexity index is 4050. The average Bonchev–Trinajstić information content (AvgIpc) is 4.10. The van der Waals surface area contributed by atoms with Crippen LogP contribution in [0.25, 0.3) is 96.0 Å². The van der Waals surface area contributed by atoms with Crippen LogP contribution in [0.15, 0.2) is 291 Å². The third kappa shape index (κ3) is 8.40. The van der Waals surface area contributed by atoms with Gasteiger partial charge >= 0.3 is 0 Å². The predicted molar refractivity (Wildman–Crippen MR) is 329 cm³/mol. The fourth-order valence-electron chi connectivity index (χ4n) is 10.9. The summed E-state index contributed by atoms with van der Waals surface area (Å²) in [5.41, 5.74) is 18.7. The zero-order valence-corrected chi connectivity index (χ0v) is 43.1. The maximum atomic E-state index is 2.33. The van der Waals surface area contributed by atoms with Gasteiger partial charge in [0.25, 0.3) is 0 Å². The maximum absolute atomic E-state index is 2.33. The van der Waals surface area contributed by atoms with Crippen molar-refractivity contribution >= 4 is 97.1 Å². The second-order valence-electron chi connectivity index (χ2n) is 19.2. The fourth-order valence-corrected chi connectivity index (χ4v) is 13.4. The molecular weight excluding hydrogens is 957 g/mol. The van der Waals surface area contributed by atoms with Crippen molar-refractivity contribution in [3.63, 3.8) is 0 Å². The van der Waals surface area contributed by atoms with Gasteiger partial charge in [0.05, 0.1) is 0 Å². The van der Waals surface area contributed by atoms with Crippen LogP contribution in [0.4, 0.5) is 34.1 Å². The molecule has 0 unspecified atom stereocenters. The van der Waals surface area contributed by atoms with Gasteiger partial charge in [0.2, 0.25) is 0 Å². The molecule has 0 aliphatic rings. The number of para-hydroxylation sites is 2. The Labute approximate surface area is 450 Å². The van der Waals surface area contributed by atoms with Crippen molar-refractivity contribution in [3.05, 3.63) is 291 Å². The zero-order chi connectivity index (χ0) is 50.4. The molecule has 14 rings (SSSR count). The van der Waals surface area contributed by atoms with Gasteiger partial charge in [-0.1, -0.05) is 206 Å². The second kappa shape index (κ2) is 19.5. The summed E-state index contributed by atoms with van der Waals surface area (Å²) in [6.45, 7) is 0. The van der Waals surface area contributed by atoms with Crippen molar-refractivity contribution in [1.82, 2.24) is 0 Å². The second-order valence-corrected chi connectivity index (χ2v) is 21.3. The minimum absolute atomic E-state index is 1.10. The third-order valence-electron chi connectivity index (χ3n) is 14.7. The standard InChI is InChI=1S/C72H48N2S2/c1-3-13-57(14-4-1)73(59-41-33-51(34-42-59)49-25-29-55(30-26-49)63-19-11-21-67-65-17-7-9-23-69(65)75-71(63)67)61-45-37-53(38-46-61)54-39-47-62(48-40-54)74(58-15-5-2-6-16-58)60-43-35-52(36-44-60)50-27-31-56(32-28-50)64-20-12-22-68-66-18-8-10-24-70(66)76-72(64)68/h1-48H. The summed E-state index contributed by atoms with van der Waals surface area (Å²) in [7, 11) is 0. The molecule has 0 aliphatic carbocycles. The molecule has 0 bridgehead atoms. The van der Waals surface area contributed by atoms with E-state index < -0.39 is 0 Å². The van der Waals surface area contributed by atoms with E-state index in [0.29, 0.717) is 0 Å². The lowest BCUT2D eigenvalue weighted by molar-refractivity contribution is 1.28. The lowest BCUT2D eigenvalue weighted by Gasteiger charge is -2.26. The summed E-state index contributed by atoms with van der Waals surface area (Å²) in [5.74, 6) is 0. The first kappa shape index (κ1) is 45.3. The zero-order valence-electron chi connectivity index (χ0n) is 41.4. The number of hydrogen-bond acceptors (Lipinski definition) is 4. The highest BCUT2D eigenvalue weighted by Crippen LogP contribution is 2.44. The molecule has 0 saturated carbocycles. The number of rotatable bonds is 11. The van der Waals surface area contributed by atoms with Crippen molar-refractivity contribution in [2.45, 2.75) is 0 Å². The molecule has 0 aliphatic heterocycles. The van der Waals surface area contributed by atoms with Crippen LogP contribution in [-0.4, -0.2) is 0 Å². The lowest BCUT2D eigenvalue weighted by Crippen LogP contribution is -2.10. The lowest BCUT2D eigenvalue weighted by atomic mass is 9.98. The fraction of sp³-hybridized carbons (Fsp3) is 0. The van der Waals surface area contributed by atoms with Crippen LogP contribution in [0.3, 0.4) is 0 Å². The number of thiophene rings is 2. The summed E-state index contributed by atoms with van der Waals surface area (Å²) < 4.78 is 5.34. The summed E-state index contributed by atoms with van der Waals surface area (Å²) in [6.07, 6.45) is 0. The largest absolute Gasteiger partial charge is 0.311 e. The summed E-state index contributed by atoms with van der Waals surface area (Å²) in [5, 5.41) is 5.30. The van der Waals surface area contributed by atoms with Gasteiger partial charge in [0.15, 0.2) is 0 Å². The molecule has 358 valence electrons. The van der Waals surface area contributed by atoms with Crippen molar-refractivity contribution in [3.8, 4) is 55.6 Å². The molecule has 2 nitrogen and oxygen atoms in total. The number of benzene rings is 12. The first-order valence-electron chi connectivity index (χ1n) is 25.8. The Morgan fingerprint density at radius 3 is 0.763 bits per heavy atom. The van der Waals surface area contributed by atoms with Crippen LogP contribution in [0.1, 0.15) is 0 Å². The SMILES string of the molecule is c1ccc(N(c2ccc(-c3ccc(-c4cccc5c4sc4ccccc45)cc3)cc2)c2ccc(-c3ccc(N(c4ccccc4)c4ccc(-c5ccc(-c6cccc7c6sc6ccccc67)cc5)cc4)cc3)cc2)cc1. The molecule has 4 heteroatoms. The summed E-state index contributed by atoms with van der Waals surface area (Å²) >= 11 is 3.75. The molecule has 76 heavy (non-hydrogen) atoms. The van der Waals surface area contributed by atoms with E-state index in [9.17, 15) is 0 Å². The highest BCUT2D eigenvalue weighted by molar-refractivity contribution is 7.26. The molecule has 0 fully saturated rings. The van der Waals surface area contributed by atoms with Crippen LogP contribution in [0.2, 0.25) is 0 Å². The Kier molecular flexibility index (Phi) is 11.6. The predicted octanol–water partition coefficient (Wildman–Crippen LogP) is 21.7. The molecule has 0 spiro atoms. The molecule has 0 amide bonds. The van der Waals surface area contributed by atoms with Crippen molar-refractivity contribution in [2.24, 2.45) is 0 Å². The van der Waals surface area contributed by atoms with E-state index in [1.54, 1.807) is 0 Å². The van der Waals surface area contributed by atoms with E-state index in [-0.39, 0.29) is 0 Å². The quantitative estimate of drug-likeness (QED) is 0.127.